The Morgan fingerprint density at radius 3 is 1.90 bits per heavy atom. The number of hydrogen-bond donors (Lipinski definition) is 0. The van der Waals surface area contributed by atoms with Gasteiger partial charge in [0.15, 0.2) is 0 Å². The number of nitrogens with zero attached hydrogens (tertiary/aromatic N) is 1. The van der Waals surface area contributed by atoms with E-state index in [4.69, 9.17) is 0 Å². The summed E-state index contributed by atoms with van der Waals surface area (Å²) in [7, 11) is 1.74. The van der Waals surface area contributed by atoms with Gasteiger partial charge in [0.2, 0.25) is 0 Å². The molecule has 0 bridgehead atoms. The van der Waals surface area contributed by atoms with Gasteiger partial charge in [-0.1, -0.05) is 72.3 Å². The molecule has 0 radical (unpaired) electrons. The van der Waals surface area contributed by atoms with E-state index in [-0.39, 0.29) is 0 Å². The van der Waals surface area contributed by atoms with Crippen molar-refractivity contribution in [2.75, 3.05) is 7.05 Å². The highest BCUT2D eigenvalue weighted by Gasteiger charge is 2.26. The molecule has 0 saturated carbocycles. The summed E-state index contributed by atoms with van der Waals surface area (Å²) in [5.41, 5.74) is 1.34. The summed E-state index contributed by atoms with van der Waals surface area (Å²) in [6.45, 7) is 2.18. The van der Waals surface area contributed by atoms with Gasteiger partial charge in [-0.25, -0.2) is 0 Å². The Bertz CT molecular complexity index is 606. The molecule has 106 valence electrons. The summed E-state index contributed by atoms with van der Waals surface area (Å²) in [6.07, 6.45) is 6.77. The van der Waals surface area contributed by atoms with Crippen molar-refractivity contribution in [1.29, 1.82) is 0 Å². The van der Waals surface area contributed by atoms with Crippen molar-refractivity contribution in [2.24, 2.45) is 0 Å². The van der Waals surface area contributed by atoms with Crippen molar-refractivity contribution < 1.29 is 0 Å². The highest BCUT2D eigenvalue weighted by atomic mass is 31.1. The molecule has 0 spiro atoms. The van der Waals surface area contributed by atoms with Crippen LogP contribution in [-0.4, -0.2) is 17.7 Å². The van der Waals surface area contributed by atoms with Gasteiger partial charge in [-0.2, -0.15) is 0 Å². The average molecular weight is 293 g/mol. The quantitative estimate of drug-likeness (QED) is 0.777. The normalized spacial score (nSPS) is 18.0. The van der Waals surface area contributed by atoms with E-state index >= 15 is 0 Å². The molecule has 3 rings (SSSR count). The Balaban J connectivity index is 2.07. The largest absolute Gasteiger partial charge is 0.370 e. The first-order valence-electron chi connectivity index (χ1n) is 7.23. The minimum absolute atomic E-state index is 0.412. The van der Waals surface area contributed by atoms with Crippen LogP contribution < -0.4 is 10.6 Å². The maximum absolute atomic E-state index is 2.39. The molecule has 1 aliphatic heterocycles. The third kappa shape index (κ3) is 3.09. The minimum Gasteiger partial charge on any atom is -0.370 e. The van der Waals surface area contributed by atoms with Crippen molar-refractivity contribution in [2.45, 2.75) is 12.7 Å². The van der Waals surface area contributed by atoms with Crippen LogP contribution in [0.25, 0.3) is 0 Å². The molecule has 0 aliphatic carbocycles. The summed E-state index contributed by atoms with van der Waals surface area (Å²) >= 11 is 0. The monoisotopic (exact) mass is 293 g/mol. The number of hydrogen-bond acceptors (Lipinski definition) is 1. The molecule has 1 unspecified atom stereocenters. The predicted molar refractivity (Wildman–Crippen MR) is 93.5 cm³/mol. The van der Waals surface area contributed by atoms with Crippen LogP contribution in [0.3, 0.4) is 0 Å². The Morgan fingerprint density at radius 2 is 1.38 bits per heavy atom. The van der Waals surface area contributed by atoms with Gasteiger partial charge < -0.3 is 4.90 Å². The number of rotatable bonds is 3. The molecule has 1 nitrogen and oxygen atoms in total. The maximum atomic E-state index is 2.39. The lowest BCUT2D eigenvalue weighted by Gasteiger charge is -2.35. The van der Waals surface area contributed by atoms with Crippen LogP contribution in [0.4, 0.5) is 0 Å². The van der Waals surface area contributed by atoms with Crippen LogP contribution in [0.2, 0.25) is 0 Å². The Hall–Kier alpha value is -1.85. The topological polar surface area (TPSA) is 3.24 Å². The van der Waals surface area contributed by atoms with E-state index in [1.54, 1.807) is 0 Å². The van der Waals surface area contributed by atoms with Crippen molar-refractivity contribution in [3.63, 3.8) is 0 Å². The third-order valence-corrected chi connectivity index (χ3v) is 6.49. The Labute approximate surface area is 128 Å². The smallest absolute Gasteiger partial charge is 0.0749 e. The van der Waals surface area contributed by atoms with E-state index < -0.39 is 7.92 Å². The molecule has 0 fully saturated rings. The first-order chi connectivity index (χ1) is 10.3. The van der Waals surface area contributed by atoms with Crippen LogP contribution in [0.5, 0.6) is 0 Å². The van der Waals surface area contributed by atoms with E-state index in [9.17, 15) is 0 Å². The Morgan fingerprint density at radius 1 is 0.857 bits per heavy atom. The zero-order chi connectivity index (χ0) is 14.7. The molecular weight excluding hydrogens is 273 g/mol. The second-order valence-electron chi connectivity index (χ2n) is 5.35. The molecular formula is C19H20NP. The van der Waals surface area contributed by atoms with E-state index in [2.05, 4.69) is 97.9 Å². The highest BCUT2D eigenvalue weighted by Crippen LogP contribution is 2.43. The number of benzene rings is 2. The molecule has 2 aromatic carbocycles. The van der Waals surface area contributed by atoms with Crippen LogP contribution in [0.15, 0.2) is 84.6 Å². The highest BCUT2D eigenvalue weighted by molar-refractivity contribution is 7.73. The zero-order valence-corrected chi connectivity index (χ0v) is 13.4. The van der Waals surface area contributed by atoms with Crippen molar-refractivity contribution in [3.05, 3.63) is 84.6 Å². The van der Waals surface area contributed by atoms with Crippen LogP contribution in [-0.2, 0) is 0 Å². The molecule has 0 N–H and O–H groups in total. The fourth-order valence-corrected chi connectivity index (χ4v) is 5.34. The fourth-order valence-electron chi connectivity index (χ4n) is 2.62. The van der Waals surface area contributed by atoms with Crippen molar-refractivity contribution in [1.82, 2.24) is 4.90 Å². The van der Waals surface area contributed by atoms with Gasteiger partial charge in [-0.05, 0) is 37.7 Å². The summed E-state index contributed by atoms with van der Waals surface area (Å²) in [6, 6.07) is 21.8. The third-order valence-electron chi connectivity index (χ3n) is 3.74. The Kier molecular flexibility index (Phi) is 4.22. The molecule has 1 heterocycles. The summed E-state index contributed by atoms with van der Waals surface area (Å²) in [5.74, 6) is 0.412. The lowest BCUT2D eigenvalue weighted by atomic mass is 10.2. The van der Waals surface area contributed by atoms with Gasteiger partial charge in [0.05, 0.1) is 5.78 Å². The summed E-state index contributed by atoms with van der Waals surface area (Å²) < 4.78 is 0. The predicted octanol–water partition coefficient (Wildman–Crippen LogP) is 3.85. The van der Waals surface area contributed by atoms with Gasteiger partial charge >= 0.3 is 0 Å². The van der Waals surface area contributed by atoms with Gasteiger partial charge in [-0.15, -0.1) is 0 Å². The van der Waals surface area contributed by atoms with E-state index in [1.165, 1.54) is 16.2 Å². The standard InChI is InChI=1S/C19H20NP/c1-16-13-14-20(2)19(15-16)21(17-9-5-3-6-10-17)18-11-7-4-8-12-18/h3-15,19H,1-2H3. The fraction of sp³-hybridized carbons (Fsp3) is 0.158. The van der Waals surface area contributed by atoms with Gasteiger partial charge in [-0.3, -0.25) is 0 Å². The molecule has 0 amide bonds. The molecule has 21 heavy (non-hydrogen) atoms. The lowest BCUT2D eigenvalue weighted by molar-refractivity contribution is 0.467. The first kappa shape index (κ1) is 14.1. The second-order valence-corrected chi connectivity index (χ2v) is 7.65. The first-order valence-corrected chi connectivity index (χ1v) is 8.65. The van der Waals surface area contributed by atoms with E-state index in [0.29, 0.717) is 5.78 Å². The van der Waals surface area contributed by atoms with Crippen LogP contribution in [0.1, 0.15) is 6.92 Å². The lowest BCUT2D eigenvalue weighted by Crippen LogP contribution is -2.32. The minimum atomic E-state index is -0.437. The van der Waals surface area contributed by atoms with Crippen molar-refractivity contribution >= 4 is 18.5 Å². The van der Waals surface area contributed by atoms with Gasteiger partial charge in [0, 0.05) is 7.05 Å². The summed E-state index contributed by atoms with van der Waals surface area (Å²) in [5, 5.41) is 2.85. The maximum Gasteiger partial charge on any atom is 0.0749 e. The zero-order valence-electron chi connectivity index (χ0n) is 12.5. The van der Waals surface area contributed by atoms with E-state index in [1.807, 2.05) is 0 Å². The molecule has 1 aliphatic rings. The van der Waals surface area contributed by atoms with Crippen molar-refractivity contribution in [3.8, 4) is 0 Å². The SMILES string of the molecule is CC1=CC(P(c2ccccc2)c2ccccc2)N(C)C=C1. The summed E-state index contributed by atoms with van der Waals surface area (Å²) in [4.78, 5) is 2.33. The van der Waals surface area contributed by atoms with Crippen LogP contribution in [0, 0.1) is 0 Å². The molecule has 0 saturated heterocycles. The van der Waals surface area contributed by atoms with E-state index in [0.717, 1.165) is 0 Å². The van der Waals surface area contributed by atoms with Gasteiger partial charge in [0.25, 0.3) is 0 Å². The number of allylic oxidation sites excluding steroid dienone is 2. The van der Waals surface area contributed by atoms with Crippen LogP contribution >= 0.6 is 7.92 Å². The molecule has 1 atom stereocenters. The average Bonchev–Trinajstić information content (AvgIpc) is 2.53. The molecule has 2 aromatic rings. The molecule has 0 aromatic heterocycles. The number of likely N-dealkylation sites (N-methyl/N-ethyl adjacent to an activating group) is 1. The second kappa shape index (κ2) is 6.28. The van der Waals surface area contributed by atoms with Gasteiger partial charge in [0.1, 0.15) is 0 Å². The molecule has 2 heteroatoms.